The van der Waals surface area contributed by atoms with Crippen LogP contribution in [0.2, 0.25) is 0 Å². The Morgan fingerprint density at radius 1 is 0.744 bits per heavy atom. The largest absolute Gasteiger partial charge is 0.461 e. The Morgan fingerprint density at radius 2 is 1.33 bits per heavy atom. The van der Waals surface area contributed by atoms with Gasteiger partial charge in [0.05, 0.1) is 0 Å². The van der Waals surface area contributed by atoms with E-state index in [1.54, 1.807) is 6.08 Å². The quantitative estimate of drug-likeness (QED) is 0.0509. The van der Waals surface area contributed by atoms with Crippen molar-refractivity contribution in [2.45, 2.75) is 131 Å². The molecular weight excluding hydrogens is 492 g/mol. The molecule has 0 radical (unpaired) electrons. The zero-order chi connectivity index (χ0) is 29.3. The molecule has 0 aliphatic carbocycles. The second kappa shape index (κ2) is 24.2. The van der Waals surface area contributed by atoms with Crippen LogP contribution in [-0.4, -0.2) is 37.2 Å². The van der Waals surface area contributed by atoms with Crippen molar-refractivity contribution in [1.82, 2.24) is 0 Å². The number of hydrogen-bond donors (Lipinski definition) is 0. The van der Waals surface area contributed by atoms with Crippen molar-refractivity contribution < 1.29 is 28.6 Å². The number of rotatable bonds is 20. The molecule has 1 atom stereocenters. The summed E-state index contributed by atoms with van der Waals surface area (Å²) in [6, 6.07) is 0. The zero-order valence-corrected chi connectivity index (χ0v) is 25.4. The molecule has 0 N–H and O–H groups in total. The molecule has 0 aromatic carbocycles. The minimum atomic E-state index is -0.660. The van der Waals surface area contributed by atoms with Gasteiger partial charge in [-0.15, -0.1) is 0 Å². The number of allylic oxidation sites excluding steroid dienone is 3. The third kappa shape index (κ3) is 24.0. The first-order chi connectivity index (χ1) is 18.6. The lowest BCUT2D eigenvalue weighted by Gasteiger charge is -2.19. The van der Waals surface area contributed by atoms with Crippen molar-refractivity contribution >= 4 is 17.9 Å². The van der Waals surface area contributed by atoms with Crippen LogP contribution < -0.4 is 0 Å². The van der Waals surface area contributed by atoms with Gasteiger partial charge in [-0.2, -0.15) is 0 Å². The second-order valence-corrected chi connectivity index (χ2v) is 10.2. The first-order valence-electron chi connectivity index (χ1n) is 14.6. The van der Waals surface area contributed by atoms with Crippen molar-refractivity contribution in [2.75, 3.05) is 13.2 Å². The molecule has 0 bridgehead atoms. The van der Waals surface area contributed by atoms with E-state index in [2.05, 4.69) is 18.8 Å². The highest BCUT2D eigenvalue weighted by Crippen LogP contribution is 2.16. The van der Waals surface area contributed by atoms with E-state index in [0.717, 1.165) is 30.4 Å². The van der Waals surface area contributed by atoms with Gasteiger partial charge in [0, 0.05) is 32.3 Å². The van der Waals surface area contributed by atoms with Crippen molar-refractivity contribution in [3.8, 4) is 11.8 Å². The zero-order valence-electron chi connectivity index (χ0n) is 25.4. The summed E-state index contributed by atoms with van der Waals surface area (Å²) >= 11 is 0. The van der Waals surface area contributed by atoms with Crippen LogP contribution in [0.5, 0.6) is 0 Å². The molecule has 0 aliphatic rings. The third-order valence-electron chi connectivity index (χ3n) is 6.01. The molecule has 6 nitrogen and oxygen atoms in total. The monoisotopic (exact) mass is 544 g/mol. The van der Waals surface area contributed by atoms with Crippen LogP contribution in [-0.2, 0) is 28.6 Å². The van der Waals surface area contributed by atoms with Gasteiger partial charge in [-0.05, 0) is 44.9 Å². The molecule has 6 heteroatoms. The molecule has 39 heavy (non-hydrogen) atoms. The summed E-state index contributed by atoms with van der Waals surface area (Å²) in [4.78, 5) is 35.4. The van der Waals surface area contributed by atoms with Crippen LogP contribution in [0.25, 0.3) is 0 Å². The number of carbonyl (C=O) groups is 3. The fourth-order valence-corrected chi connectivity index (χ4v) is 3.82. The Morgan fingerprint density at radius 3 is 1.87 bits per heavy atom. The van der Waals surface area contributed by atoms with E-state index >= 15 is 0 Å². The predicted molar refractivity (Wildman–Crippen MR) is 158 cm³/mol. The Kier molecular flexibility index (Phi) is 22.5. The molecule has 0 spiro atoms. The fourth-order valence-electron chi connectivity index (χ4n) is 3.82. The average Bonchev–Trinajstić information content (AvgIpc) is 2.86. The van der Waals surface area contributed by atoms with Gasteiger partial charge in [0.15, 0.2) is 0 Å². The van der Waals surface area contributed by atoms with Crippen molar-refractivity contribution in [3.63, 3.8) is 0 Å². The number of carbonyl (C=O) groups excluding carboxylic acids is 3. The Hall–Kier alpha value is -2.81. The van der Waals surface area contributed by atoms with Gasteiger partial charge in [0.25, 0.3) is 0 Å². The van der Waals surface area contributed by atoms with Crippen molar-refractivity contribution in [1.29, 1.82) is 0 Å². The normalized spacial score (nSPS) is 12.2. The van der Waals surface area contributed by atoms with E-state index < -0.39 is 18.0 Å². The van der Waals surface area contributed by atoms with Crippen molar-refractivity contribution in [3.05, 3.63) is 34.9 Å². The summed E-state index contributed by atoms with van der Waals surface area (Å²) < 4.78 is 16.1. The van der Waals surface area contributed by atoms with Crippen LogP contribution in [0, 0.1) is 11.8 Å². The highest BCUT2D eigenvalue weighted by molar-refractivity contribution is 5.69. The van der Waals surface area contributed by atoms with E-state index in [4.69, 9.17) is 14.2 Å². The molecule has 0 aromatic heterocycles. The fraction of sp³-hybridized carbons (Fsp3) is 0.667. The molecule has 0 rings (SSSR count). The van der Waals surface area contributed by atoms with Gasteiger partial charge in [-0.1, -0.05) is 94.6 Å². The Balaban J connectivity index is 4.76. The summed E-state index contributed by atoms with van der Waals surface area (Å²) in [7, 11) is 0. The van der Waals surface area contributed by atoms with Gasteiger partial charge in [0.1, 0.15) is 19.3 Å². The molecule has 0 aromatic rings. The standard InChI is InChI=1S/C33H52O6/c1-7-8-9-10-11-12-13-14-15-16-17-21-33(36)37-25-24-31(26-38-29(5)34)32(39-30(6)35)23-22-28(4)20-18-19-27(2)3/h19,22,24,32H,7-17,21,23,25-26H2,1-6H3/b28-22+,31-24-. The van der Waals surface area contributed by atoms with Crippen LogP contribution in [0.1, 0.15) is 125 Å². The van der Waals surface area contributed by atoms with E-state index in [1.165, 1.54) is 65.2 Å². The first kappa shape index (κ1) is 36.2. The second-order valence-electron chi connectivity index (χ2n) is 10.2. The molecule has 0 saturated carbocycles. The highest BCUT2D eigenvalue weighted by atomic mass is 16.6. The number of hydrogen-bond acceptors (Lipinski definition) is 6. The highest BCUT2D eigenvalue weighted by Gasteiger charge is 2.18. The Bertz CT molecular complexity index is 864. The number of esters is 3. The maximum absolute atomic E-state index is 12.2. The molecule has 0 fully saturated rings. The third-order valence-corrected chi connectivity index (χ3v) is 6.01. The molecule has 0 heterocycles. The van der Waals surface area contributed by atoms with Crippen LogP contribution in [0.15, 0.2) is 34.9 Å². The van der Waals surface area contributed by atoms with Crippen molar-refractivity contribution in [2.24, 2.45) is 0 Å². The Labute approximate surface area is 237 Å². The van der Waals surface area contributed by atoms with E-state index in [-0.39, 0.29) is 19.2 Å². The molecule has 0 amide bonds. The van der Waals surface area contributed by atoms with E-state index in [0.29, 0.717) is 18.4 Å². The molecule has 220 valence electrons. The van der Waals surface area contributed by atoms with Gasteiger partial charge in [-0.3, -0.25) is 14.4 Å². The van der Waals surface area contributed by atoms with Crippen LogP contribution in [0.3, 0.4) is 0 Å². The first-order valence-corrected chi connectivity index (χ1v) is 14.6. The topological polar surface area (TPSA) is 78.9 Å². The summed E-state index contributed by atoms with van der Waals surface area (Å²) in [5.74, 6) is 4.85. The minimum absolute atomic E-state index is 0.0221. The number of unbranched alkanes of at least 4 members (excludes halogenated alkanes) is 10. The number of ether oxygens (including phenoxy) is 3. The predicted octanol–water partition coefficient (Wildman–Crippen LogP) is 7.96. The molecular formula is C33H52O6. The average molecular weight is 545 g/mol. The lowest BCUT2D eigenvalue weighted by Crippen LogP contribution is -2.23. The van der Waals surface area contributed by atoms with E-state index in [9.17, 15) is 14.4 Å². The SMILES string of the molecule is CCCCCCCCCCCCCC(=O)OC/C=C(/COC(C)=O)C(C/C=C(\C)C#CC=C(C)C)OC(C)=O. The summed E-state index contributed by atoms with van der Waals surface area (Å²) in [6.07, 6.45) is 18.9. The van der Waals surface area contributed by atoms with Gasteiger partial charge in [-0.25, -0.2) is 0 Å². The molecule has 0 saturated heterocycles. The van der Waals surface area contributed by atoms with E-state index in [1.807, 2.05) is 32.9 Å². The van der Waals surface area contributed by atoms with Gasteiger partial charge < -0.3 is 14.2 Å². The minimum Gasteiger partial charge on any atom is -0.461 e. The lowest BCUT2D eigenvalue weighted by atomic mass is 10.0. The lowest BCUT2D eigenvalue weighted by molar-refractivity contribution is -0.146. The van der Waals surface area contributed by atoms with Crippen LogP contribution in [0.4, 0.5) is 0 Å². The maximum Gasteiger partial charge on any atom is 0.306 e. The summed E-state index contributed by atoms with van der Waals surface area (Å²) in [5, 5.41) is 0. The smallest absolute Gasteiger partial charge is 0.306 e. The summed E-state index contributed by atoms with van der Waals surface area (Å²) in [5.41, 5.74) is 2.50. The van der Waals surface area contributed by atoms with Crippen LogP contribution >= 0.6 is 0 Å². The maximum atomic E-state index is 12.2. The van der Waals surface area contributed by atoms with Gasteiger partial charge >= 0.3 is 17.9 Å². The van der Waals surface area contributed by atoms with Gasteiger partial charge in [0.2, 0.25) is 0 Å². The molecule has 0 aliphatic heterocycles. The summed E-state index contributed by atoms with van der Waals surface area (Å²) in [6.45, 7) is 10.7. The molecule has 1 unspecified atom stereocenters.